The molecule has 254 valence electrons. The molecule has 0 amide bonds. The van der Waals surface area contributed by atoms with Gasteiger partial charge in [-0.05, 0) is 133 Å². The lowest BCUT2D eigenvalue weighted by molar-refractivity contribution is 0.594. The summed E-state index contributed by atoms with van der Waals surface area (Å²) in [7, 11) is 0. The Morgan fingerprint density at radius 1 is 0.596 bits per heavy atom. The van der Waals surface area contributed by atoms with Crippen molar-refractivity contribution in [2.75, 3.05) is 0 Å². The first-order valence-corrected chi connectivity index (χ1v) is 20.8. The third-order valence-electron chi connectivity index (χ3n) is 12.3. The molecular formula is C48H40N2S2. The Morgan fingerprint density at radius 3 is 2.12 bits per heavy atom. The van der Waals surface area contributed by atoms with E-state index in [1.165, 1.54) is 97.2 Å². The van der Waals surface area contributed by atoms with Gasteiger partial charge in [-0.3, -0.25) is 4.99 Å². The second kappa shape index (κ2) is 12.3. The Kier molecular flexibility index (Phi) is 7.34. The number of nitrogens with zero attached hydrogens (tertiary/aromatic N) is 2. The predicted octanol–water partition coefficient (Wildman–Crippen LogP) is 12.3. The van der Waals surface area contributed by atoms with Crippen molar-refractivity contribution in [1.82, 2.24) is 4.57 Å². The van der Waals surface area contributed by atoms with Gasteiger partial charge in [-0.2, -0.15) is 0 Å². The Morgan fingerprint density at radius 2 is 1.31 bits per heavy atom. The summed E-state index contributed by atoms with van der Waals surface area (Å²) in [6, 6.07) is 44.4. The Balaban J connectivity index is 1.15. The van der Waals surface area contributed by atoms with Crippen LogP contribution in [0.2, 0.25) is 0 Å². The molecule has 2 nitrogen and oxygen atoms in total. The first kappa shape index (κ1) is 31.1. The molecule has 0 radical (unpaired) electrons. The molecule has 2 atom stereocenters. The van der Waals surface area contributed by atoms with E-state index >= 15 is 0 Å². The zero-order chi connectivity index (χ0) is 34.2. The lowest BCUT2D eigenvalue weighted by Crippen LogP contribution is -2.37. The summed E-state index contributed by atoms with van der Waals surface area (Å²) in [4.78, 5) is 10.2. The number of benzene rings is 5. The highest BCUT2D eigenvalue weighted by Gasteiger charge is 2.49. The van der Waals surface area contributed by atoms with E-state index < -0.39 is 5.41 Å². The van der Waals surface area contributed by atoms with Crippen LogP contribution in [0.1, 0.15) is 100 Å². The normalized spacial score (nSPS) is 20.9. The number of rotatable bonds is 3. The molecule has 0 bridgehead atoms. The van der Waals surface area contributed by atoms with Gasteiger partial charge in [0.05, 0.1) is 11.1 Å². The first-order chi connectivity index (χ1) is 25.8. The Hall–Kier alpha value is -4.51. The molecule has 5 aromatic carbocycles. The molecule has 0 fully saturated rings. The Labute approximate surface area is 315 Å². The zero-order valence-electron chi connectivity index (χ0n) is 29.3. The van der Waals surface area contributed by atoms with Gasteiger partial charge in [-0.15, -0.1) is 0 Å². The first-order valence-electron chi connectivity index (χ1n) is 19.2. The van der Waals surface area contributed by atoms with Crippen LogP contribution < -0.4 is 0 Å². The van der Waals surface area contributed by atoms with Gasteiger partial charge in [0.1, 0.15) is 0 Å². The third-order valence-corrected chi connectivity index (χ3v) is 14.5. The molecule has 11 rings (SSSR count). The summed E-state index contributed by atoms with van der Waals surface area (Å²) in [5.41, 5.74) is 16.8. The molecule has 2 aliphatic carbocycles. The molecule has 0 N–H and O–H groups in total. The largest absolute Gasteiger partial charge is 0.317 e. The summed E-state index contributed by atoms with van der Waals surface area (Å²) in [5.74, 6) is 0.399. The lowest BCUT2D eigenvalue weighted by atomic mass is 9.63. The van der Waals surface area contributed by atoms with E-state index in [0.29, 0.717) is 5.92 Å². The fraction of sp³-hybridized carbons (Fsp3) is 0.229. The number of aromatic nitrogens is 1. The van der Waals surface area contributed by atoms with E-state index in [4.69, 9.17) is 4.99 Å². The highest BCUT2D eigenvalue weighted by molar-refractivity contribution is 8.00. The maximum Gasteiger partial charge on any atom is 0.0745 e. The summed E-state index contributed by atoms with van der Waals surface area (Å²) < 4.78 is 2.68. The second-order valence-electron chi connectivity index (χ2n) is 15.0. The van der Waals surface area contributed by atoms with Gasteiger partial charge in [-0.25, -0.2) is 0 Å². The maximum absolute atomic E-state index is 4.82. The van der Waals surface area contributed by atoms with E-state index in [1.54, 1.807) is 22.5 Å². The summed E-state index contributed by atoms with van der Waals surface area (Å²) in [6.07, 6.45) is 15.0. The van der Waals surface area contributed by atoms with E-state index in [9.17, 15) is 0 Å². The molecule has 2 unspecified atom stereocenters. The van der Waals surface area contributed by atoms with E-state index in [0.717, 1.165) is 25.0 Å². The van der Waals surface area contributed by atoms with Crippen LogP contribution in [0, 0.1) is 0 Å². The molecule has 4 heteroatoms. The molecule has 0 saturated heterocycles. The number of aliphatic imine (C=N–C) groups is 1. The minimum Gasteiger partial charge on any atom is -0.317 e. The van der Waals surface area contributed by atoms with Crippen LogP contribution in [-0.4, -0.2) is 10.8 Å². The number of hydrogen-bond donors (Lipinski definition) is 0. The van der Waals surface area contributed by atoms with Crippen LogP contribution >= 0.6 is 23.5 Å². The number of fused-ring (bicyclic) bond motifs is 11. The lowest BCUT2D eigenvalue weighted by Gasteiger charge is -2.46. The fourth-order valence-electron chi connectivity index (χ4n) is 10.1. The molecular weight excluding hydrogens is 669 g/mol. The van der Waals surface area contributed by atoms with Crippen molar-refractivity contribution in [3.05, 3.63) is 177 Å². The molecule has 3 aliphatic heterocycles. The topological polar surface area (TPSA) is 17.3 Å². The van der Waals surface area contributed by atoms with Crippen molar-refractivity contribution in [3.63, 3.8) is 0 Å². The van der Waals surface area contributed by atoms with E-state index in [-0.39, 0.29) is 0 Å². The molecule has 1 spiro atoms. The molecule has 4 heterocycles. The molecule has 52 heavy (non-hydrogen) atoms. The number of allylic oxidation sites excluding steroid dienone is 1. The monoisotopic (exact) mass is 708 g/mol. The van der Waals surface area contributed by atoms with Gasteiger partial charge in [0, 0.05) is 54.4 Å². The standard InChI is InChI=1S/C48H40N2S2/c1-2-13-33(14-3-1)50-41-20-7-4-15-35(41)47-34(16-12-21-42(47)50)31-25-27-45-39(29-31)48(36-17-5-8-22-43(36)51-45)37-18-6-9-23-44(37)52-46-30-32(24-26-38(46)48)40-19-10-11-28-49-40/h1-3,5-6,8-9,13-14,17-19,22-30,34H,4,7,10-12,15-16,20-21H2. The quantitative estimate of drug-likeness (QED) is 0.182. The van der Waals surface area contributed by atoms with Crippen LogP contribution in [0.15, 0.2) is 146 Å². The highest BCUT2D eigenvalue weighted by atomic mass is 32.2. The van der Waals surface area contributed by atoms with Gasteiger partial charge >= 0.3 is 0 Å². The van der Waals surface area contributed by atoms with Gasteiger partial charge in [0.2, 0.25) is 0 Å². The van der Waals surface area contributed by atoms with Crippen LogP contribution in [-0.2, 0) is 24.7 Å². The highest BCUT2D eigenvalue weighted by Crippen LogP contribution is 2.62. The van der Waals surface area contributed by atoms with Crippen molar-refractivity contribution in [2.24, 2.45) is 4.99 Å². The van der Waals surface area contributed by atoms with Crippen LogP contribution in [0.25, 0.3) is 11.4 Å². The predicted molar refractivity (Wildman–Crippen MR) is 216 cm³/mol. The van der Waals surface area contributed by atoms with Crippen molar-refractivity contribution < 1.29 is 0 Å². The Bertz CT molecular complexity index is 2460. The van der Waals surface area contributed by atoms with Crippen molar-refractivity contribution >= 4 is 35.4 Å². The summed E-state index contributed by atoms with van der Waals surface area (Å²) >= 11 is 3.88. The molecule has 1 aromatic heterocycles. The van der Waals surface area contributed by atoms with Crippen LogP contribution in [0.3, 0.4) is 0 Å². The smallest absolute Gasteiger partial charge is 0.0745 e. The summed E-state index contributed by atoms with van der Waals surface area (Å²) in [6.45, 7) is 0. The zero-order valence-corrected chi connectivity index (χ0v) is 30.9. The van der Waals surface area contributed by atoms with Gasteiger partial charge in [-0.1, -0.05) is 108 Å². The van der Waals surface area contributed by atoms with Crippen molar-refractivity contribution in [1.29, 1.82) is 0 Å². The number of hydrogen-bond acceptors (Lipinski definition) is 3. The summed E-state index contributed by atoms with van der Waals surface area (Å²) in [5, 5.41) is 0. The van der Waals surface area contributed by atoms with Gasteiger partial charge in [0.25, 0.3) is 0 Å². The molecule has 5 aliphatic rings. The average molecular weight is 709 g/mol. The number of para-hydroxylation sites is 1. The molecule has 6 aromatic rings. The minimum atomic E-state index is -0.417. The van der Waals surface area contributed by atoms with Crippen molar-refractivity contribution in [3.8, 4) is 5.69 Å². The van der Waals surface area contributed by atoms with E-state index in [2.05, 4.69) is 132 Å². The second-order valence-corrected chi connectivity index (χ2v) is 17.2. The fourth-order valence-corrected chi connectivity index (χ4v) is 12.5. The average Bonchev–Trinajstić information content (AvgIpc) is 3.56. The van der Waals surface area contributed by atoms with Crippen LogP contribution in [0.4, 0.5) is 0 Å². The SMILES string of the molecule is C1=NC(c2ccc3c(c2)Sc2ccccc2C32c3ccccc3Sc3ccc(C4CCCc5c4c4c(n5-c5ccccc5)CCCC4)cc32)=CCC1. The van der Waals surface area contributed by atoms with Crippen molar-refractivity contribution in [2.45, 2.75) is 88.7 Å². The maximum atomic E-state index is 4.82. The van der Waals surface area contributed by atoms with Crippen LogP contribution in [0.5, 0.6) is 0 Å². The minimum absolute atomic E-state index is 0.399. The third kappa shape index (κ3) is 4.56. The molecule has 0 saturated carbocycles. The van der Waals surface area contributed by atoms with Gasteiger partial charge < -0.3 is 4.57 Å². The van der Waals surface area contributed by atoms with Gasteiger partial charge in [0.15, 0.2) is 0 Å². The van der Waals surface area contributed by atoms with E-state index in [1.807, 2.05) is 23.5 Å².